The van der Waals surface area contributed by atoms with Crippen molar-refractivity contribution in [2.45, 2.75) is 5.66 Å². The van der Waals surface area contributed by atoms with Gasteiger partial charge in [0, 0.05) is 34.0 Å². The Hall–Kier alpha value is -7.50. The van der Waals surface area contributed by atoms with Gasteiger partial charge in [-0.15, -0.1) is 9.13 Å². The Kier molecular flexibility index (Phi) is 4.62. The minimum atomic E-state index is -0.699. The van der Waals surface area contributed by atoms with Crippen LogP contribution in [0.3, 0.4) is 0 Å². The van der Waals surface area contributed by atoms with Crippen LogP contribution in [-0.2, 0) is 5.66 Å². The molecule has 0 atom stereocenters. The molecule has 15 rings (SSSR count). The molecule has 6 aromatic heterocycles. The predicted molar refractivity (Wildman–Crippen MR) is 223 cm³/mol. The van der Waals surface area contributed by atoms with E-state index in [1.54, 1.807) is 0 Å². The van der Waals surface area contributed by atoms with E-state index in [2.05, 4.69) is 188 Å². The van der Waals surface area contributed by atoms with Crippen LogP contribution in [0.2, 0.25) is 0 Å². The van der Waals surface area contributed by atoms with Gasteiger partial charge in [-0.1, -0.05) is 97.1 Å². The van der Waals surface area contributed by atoms with Gasteiger partial charge in [0.05, 0.1) is 54.6 Å². The van der Waals surface area contributed by atoms with Crippen molar-refractivity contribution in [2.75, 3.05) is 0 Å². The van der Waals surface area contributed by atoms with Crippen LogP contribution < -0.4 is 13.9 Å². The SMILES string of the molecule is c1ccc(-c2c3ccccc3n3c4ccc5c6c4c4c(ccc[n+]4C64c6c(ccc7c6c6c(ccc[n+]64)c4c(-c6ccccc6)c6ccccc6n74)O5)c23)cc1. The molecule has 56 heavy (non-hydrogen) atoms. The molecule has 256 valence electrons. The molecule has 0 unspecified atom stereocenters. The first-order valence-corrected chi connectivity index (χ1v) is 19.4. The van der Waals surface area contributed by atoms with Crippen molar-refractivity contribution in [3.8, 4) is 33.8 Å². The lowest BCUT2D eigenvalue weighted by molar-refractivity contribution is -0.945. The number of aromatic nitrogens is 4. The largest absolute Gasteiger partial charge is 0.456 e. The highest BCUT2D eigenvalue weighted by atomic mass is 16.5. The summed E-state index contributed by atoms with van der Waals surface area (Å²) in [6, 6.07) is 57.8. The van der Waals surface area contributed by atoms with Crippen LogP contribution in [0.1, 0.15) is 11.1 Å². The van der Waals surface area contributed by atoms with E-state index in [9.17, 15) is 0 Å². The van der Waals surface area contributed by atoms with Crippen molar-refractivity contribution in [3.63, 3.8) is 0 Å². The Labute approximate surface area is 318 Å². The molecule has 6 aromatic carbocycles. The minimum absolute atomic E-state index is 0.699. The van der Waals surface area contributed by atoms with Crippen molar-refractivity contribution in [3.05, 3.63) is 181 Å². The summed E-state index contributed by atoms with van der Waals surface area (Å²) in [5, 5.41) is 7.46. The summed E-state index contributed by atoms with van der Waals surface area (Å²) in [5.41, 5.74) is 16.4. The summed E-state index contributed by atoms with van der Waals surface area (Å²) in [7, 11) is 0. The van der Waals surface area contributed by atoms with E-state index in [4.69, 9.17) is 4.74 Å². The first-order valence-electron chi connectivity index (χ1n) is 19.4. The number of fused-ring (bicyclic) bond motifs is 10. The zero-order valence-electron chi connectivity index (χ0n) is 29.9. The van der Waals surface area contributed by atoms with E-state index in [-0.39, 0.29) is 0 Å². The van der Waals surface area contributed by atoms with Crippen LogP contribution in [0.4, 0.5) is 0 Å². The molecule has 0 saturated carbocycles. The maximum Gasteiger partial charge on any atom is 0.425 e. The molecule has 0 amide bonds. The Morgan fingerprint density at radius 1 is 0.393 bits per heavy atom. The van der Waals surface area contributed by atoms with Crippen LogP contribution in [0.5, 0.6) is 11.5 Å². The van der Waals surface area contributed by atoms with Gasteiger partial charge in [0.1, 0.15) is 11.5 Å². The molecule has 0 radical (unpaired) electrons. The molecule has 0 bridgehead atoms. The average molecular weight is 713 g/mol. The smallest absolute Gasteiger partial charge is 0.425 e. The Balaban J connectivity index is 1.19. The number of ether oxygens (including phenoxy) is 1. The highest BCUT2D eigenvalue weighted by molar-refractivity contribution is 6.24. The van der Waals surface area contributed by atoms with Crippen LogP contribution >= 0.6 is 0 Å². The lowest BCUT2D eigenvalue weighted by Crippen LogP contribution is -2.72. The molecule has 5 nitrogen and oxygen atoms in total. The average Bonchev–Trinajstić information content (AvgIpc) is 3.99. The summed E-state index contributed by atoms with van der Waals surface area (Å²) >= 11 is 0. The Morgan fingerprint density at radius 2 is 0.821 bits per heavy atom. The molecule has 9 heterocycles. The van der Waals surface area contributed by atoms with Crippen LogP contribution in [-0.4, -0.2) is 8.80 Å². The van der Waals surface area contributed by atoms with E-state index in [0.717, 1.165) is 11.5 Å². The summed E-state index contributed by atoms with van der Waals surface area (Å²) in [6.07, 6.45) is 4.63. The molecule has 12 aromatic rings. The van der Waals surface area contributed by atoms with Gasteiger partial charge in [-0.3, -0.25) is 0 Å². The topological polar surface area (TPSA) is 25.8 Å². The van der Waals surface area contributed by atoms with E-state index < -0.39 is 5.66 Å². The van der Waals surface area contributed by atoms with Gasteiger partial charge in [-0.05, 0) is 59.7 Å². The fourth-order valence-corrected chi connectivity index (χ4v) is 11.4. The van der Waals surface area contributed by atoms with E-state index >= 15 is 0 Å². The summed E-state index contributed by atoms with van der Waals surface area (Å²) in [6.45, 7) is 0. The molecule has 0 N–H and O–H groups in total. The molecule has 0 saturated heterocycles. The first kappa shape index (κ1) is 28.0. The number of hydrogen-bond acceptors (Lipinski definition) is 1. The van der Waals surface area contributed by atoms with Crippen LogP contribution in [0.15, 0.2) is 170 Å². The number of benzene rings is 6. The second-order valence-corrected chi connectivity index (χ2v) is 15.6. The van der Waals surface area contributed by atoms with Crippen molar-refractivity contribution in [1.29, 1.82) is 0 Å². The number of pyridine rings is 4. The van der Waals surface area contributed by atoms with Crippen LogP contribution in [0.25, 0.3) is 98.7 Å². The lowest BCUT2D eigenvalue weighted by atomic mass is 9.87. The third-order valence-corrected chi connectivity index (χ3v) is 13.2. The predicted octanol–water partition coefficient (Wildman–Crippen LogP) is 11.1. The van der Waals surface area contributed by atoms with Crippen molar-refractivity contribution in [1.82, 2.24) is 8.80 Å². The standard InChI is InChI=1S/C51H28N4O/c1-3-13-29(14-4-1)41-31-17-7-9-21-35(31)54-37-23-25-39-45-43(37)47-33(49(41)54)19-11-27-52(47)51(45)46-40(56-39)26-24-38-44(46)48-34(20-12-28-53(48)51)50-42(30-15-5-2-6-16-30)32-18-8-10-22-36(32)55(38)50/h1-28H/q+2. The maximum atomic E-state index is 7.11. The zero-order valence-corrected chi connectivity index (χ0v) is 29.9. The lowest BCUT2D eigenvalue weighted by Gasteiger charge is -2.26. The third-order valence-electron chi connectivity index (χ3n) is 13.2. The summed E-state index contributed by atoms with van der Waals surface area (Å²) < 4.78 is 17.3. The number of rotatable bonds is 2. The number of para-hydroxylation sites is 2. The summed E-state index contributed by atoms with van der Waals surface area (Å²) in [5.74, 6) is 1.82. The Morgan fingerprint density at radius 3 is 1.30 bits per heavy atom. The Bertz CT molecular complexity index is 3590. The monoisotopic (exact) mass is 712 g/mol. The molecule has 0 aliphatic carbocycles. The summed E-state index contributed by atoms with van der Waals surface area (Å²) in [4.78, 5) is 0. The van der Waals surface area contributed by atoms with Gasteiger partial charge in [-0.2, -0.15) is 0 Å². The van der Waals surface area contributed by atoms with Gasteiger partial charge in [0.25, 0.3) is 0 Å². The molecular formula is C51H28N4O+2. The number of hydrogen-bond donors (Lipinski definition) is 0. The third kappa shape index (κ3) is 2.83. The molecule has 0 fully saturated rings. The zero-order chi connectivity index (χ0) is 36.0. The highest BCUT2D eigenvalue weighted by Gasteiger charge is 2.69. The first-order chi connectivity index (χ1) is 27.8. The van der Waals surface area contributed by atoms with Crippen molar-refractivity contribution < 1.29 is 13.9 Å². The molecular weight excluding hydrogens is 685 g/mol. The molecule has 1 spiro atoms. The fraction of sp³-hybridized carbons (Fsp3) is 0.0196. The normalized spacial score (nSPS) is 14.4. The maximum absolute atomic E-state index is 7.11. The van der Waals surface area contributed by atoms with E-state index in [1.165, 1.54) is 110 Å². The highest BCUT2D eigenvalue weighted by Crippen LogP contribution is 2.59. The van der Waals surface area contributed by atoms with Gasteiger partial charge >= 0.3 is 5.66 Å². The van der Waals surface area contributed by atoms with Crippen molar-refractivity contribution in [2.24, 2.45) is 0 Å². The second kappa shape index (κ2) is 9.23. The van der Waals surface area contributed by atoms with Crippen molar-refractivity contribution >= 4 is 76.5 Å². The van der Waals surface area contributed by atoms with E-state index in [1.807, 2.05) is 0 Å². The molecule has 3 aliphatic rings. The van der Waals surface area contributed by atoms with Gasteiger partial charge in [-0.25, -0.2) is 0 Å². The molecule has 5 heteroatoms. The number of nitrogens with zero attached hydrogens (tertiary/aromatic N) is 4. The molecule has 3 aliphatic heterocycles. The van der Waals surface area contributed by atoms with E-state index in [0.29, 0.717) is 0 Å². The van der Waals surface area contributed by atoms with Crippen LogP contribution in [0, 0.1) is 0 Å². The minimum Gasteiger partial charge on any atom is -0.456 e. The van der Waals surface area contributed by atoms with Gasteiger partial charge in [0.2, 0.25) is 11.0 Å². The quantitative estimate of drug-likeness (QED) is 0.129. The van der Waals surface area contributed by atoms with Gasteiger partial charge < -0.3 is 13.5 Å². The second-order valence-electron chi connectivity index (χ2n) is 15.6. The fourth-order valence-electron chi connectivity index (χ4n) is 11.4. The van der Waals surface area contributed by atoms with Gasteiger partial charge in [0.15, 0.2) is 23.5 Å².